The lowest BCUT2D eigenvalue weighted by molar-refractivity contribution is -0.133. The first-order chi connectivity index (χ1) is 19.7. The number of carbonyl (C=O) groups excluding carboxylic acids is 1. The molecular formula is C30H37N5O6. The van der Waals surface area contributed by atoms with Gasteiger partial charge in [0.15, 0.2) is 11.4 Å². The number of amides is 2. The fourth-order valence-corrected chi connectivity index (χ4v) is 5.41. The number of nitrogens with one attached hydrogen (secondary N) is 3. The second-order valence-electron chi connectivity index (χ2n) is 10.2. The molecule has 11 nitrogen and oxygen atoms in total. The van der Waals surface area contributed by atoms with Crippen LogP contribution < -0.4 is 25.6 Å². The van der Waals surface area contributed by atoms with Crippen LogP contribution in [0.15, 0.2) is 71.3 Å². The van der Waals surface area contributed by atoms with Crippen LogP contribution in [0.1, 0.15) is 44.6 Å². The quantitative estimate of drug-likeness (QED) is 0.270. The van der Waals surface area contributed by atoms with Crippen LogP contribution in [0.25, 0.3) is 0 Å². The number of benzene rings is 2. The molecule has 0 saturated carbocycles. The second kappa shape index (κ2) is 13.2. The summed E-state index contributed by atoms with van der Waals surface area (Å²) in [7, 11) is 1.69. The number of hydrogen-bond acceptors (Lipinski definition) is 7. The summed E-state index contributed by atoms with van der Waals surface area (Å²) < 4.78 is 5.36. The number of allylic oxidation sites excluding steroid dienone is 2. The number of hydrogen-bond donors (Lipinski definition) is 5. The normalized spacial score (nSPS) is 16.3. The number of anilines is 2. The first-order valence-corrected chi connectivity index (χ1v) is 13.6. The van der Waals surface area contributed by atoms with E-state index in [4.69, 9.17) is 4.74 Å². The van der Waals surface area contributed by atoms with E-state index in [-0.39, 0.29) is 11.4 Å². The van der Waals surface area contributed by atoms with Crippen LogP contribution in [0.5, 0.6) is 5.75 Å². The number of likely N-dealkylation sites (tertiary alicyclic amines) is 1. The number of carboxylic acids is 2. The molecule has 0 atom stereocenters. The van der Waals surface area contributed by atoms with Crippen LogP contribution in [0.4, 0.5) is 16.2 Å². The minimum absolute atomic E-state index is 0.206. The summed E-state index contributed by atoms with van der Waals surface area (Å²) >= 11 is 0. The van der Waals surface area contributed by atoms with E-state index >= 15 is 0 Å². The van der Waals surface area contributed by atoms with Crippen molar-refractivity contribution in [1.82, 2.24) is 15.5 Å². The predicted molar refractivity (Wildman–Crippen MR) is 156 cm³/mol. The molecule has 0 aliphatic carbocycles. The van der Waals surface area contributed by atoms with Gasteiger partial charge in [-0.05, 0) is 94.6 Å². The first kappa shape index (κ1) is 29.5. The summed E-state index contributed by atoms with van der Waals surface area (Å²) in [4.78, 5) is 40.2. The van der Waals surface area contributed by atoms with E-state index in [9.17, 15) is 24.6 Å². The zero-order valence-corrected chi connectivity index (χ0v) is 23.6. The highest BCUT2D eigenvalue weighted by Crippen LogP contribution is 2.33. The molecule has 1 fully saturated rings. The number of piperidine rings is 1. The summed E-state index contributed by atoms with van der Waals surface area (Å²) in [5, 5.41) is 28.0. The molecule has 2 heterocycles. The van der Waals surface area contributed by atoms with Crippen molar-refractivity contribution in [3.05, 3.63) is 76.9 Å². The van der Waals surface area contributed by atoms with Gasteiger partial charge in [0.2, 0.25) is 0 Å². The van der Waals surface area contributed by atoms with Gasteiger partial charge >= 0.3 is 18.0 Å². The molecule has 0 radical (unpaired) electrons. The molecule has 2 aromatic rings. The Bertz CT molecular complexity index is 1330. The Kier molecular flexibility index (Phi) is 9.51. The lowest BCUT2D eigenvalue weighted by atomic mass is 9.89. The van der Waals surface area contributed by atoms with Crippen LogP contribution in [-0.4, -0.2) is 66.4 Å². The second-order valence-corrected chi connectivity index (χ2v) is 10.2. The van der Waals surface area contributed by atoms with Crippen LogP contribution in [0.2, 0.25) is 0 Å². The van der Waals surface area contributed by atoms with Crippen LogP contribution in [0.3, 0.4) is 0 Å². The van der Waals surface area contributed by atoms with E-state index in [1.165, 1.54) is 10.5 Å². The topological polar surface area (TPSA) is 143 Å². The molecule has 2 aliphatic heterocycles. The van der Waals surface area contributed by atoms with Crippen LogP contribution >= 0.6 is 0 Å². The Morgan fingerprint density at radius 2 is 1.63 bits per heavy atom. The number of ether oxygens (including phenoxy) is 1. The van der Waals surface area contributed by atoms with E-state index < -0.39 is 18.0 Å². The highest BCUT2D eigenvalue weighted by atomic mass is 16.5. The van der Waals surface area contributed by atoms with E-state index in [1.54, 1.807) is 45.2 Å². The third-order valence-electron chi connectivity index (χ3n) is 7.39. The Balaban J connectivity index is 1.28. The fourth-order valence-electron chi connectivity index (χ4n) is 5.41. The van der Waals surface area contributed by atoms with Crippen molar-refractivity contribution in [2.24, 2.45) is 0 Å². The smallest absolute Gasteiger partial charge is 0.354 e. The van der Waals surface area contributed by atoms with Crippen molar-refractivity contribution in [2.45, 2.75) is 39.0 Å². The molecule has 1 saturated heterocycles. The number of methoxy groups -OCH3 is 1. The molecule has 4 rings (SSSR count). The standard InChI is InChI=1S/C30H37N5O6/c1-19-26(28(36)37)35(27(29(38)39)20(2)32-19)24-9-5-8-23(18-24)33-30(40)31-13-6-14-34-15-11-21(12-16-34)22-7-4-10-25(17-22)41-3/h4-5,7-10,17-18,21,32H,6,11-16H2,1-3H3,(H,36,37)(H,38,39)(H2,31,33,40). The third-order valence-corrected chi connectivity index (χ3v) is 7.39. The number of urea groups is 1. The average molecular weight is 564 g/mol. The molecule has 0 aromatic heterocycles. The van der Waals surface area contributed by atoms with Gasteiger partial charge in [-0.25, -0.2) is 14.4 Å². The van der Waals surface area contributed by atoms with Crippen molar-refractivity contribution in [1.29, 1.82) is 0 Å². The van der Waals surface area contributed by atoms with E-state index in [2.05, 4.69) is 33.0 Å². The summed E-state index contributed by atoms with van der Waals surface area (Å²) in [6, 6.07) is 14.3. The third kappa shape index (κ3) is 7.17. The van der Waals surface area contributed by atoms with Gasteiger partial charge in [0.05, 0.1) is 7.11 Å². The highest BCUT2D eigenvalue weighted by molar-refractivity contribution is 6.02. The molecule has 218 valence electrons. The van der Waals surface area contributed by atoms with E-state index in [0.29, 0.717) is 35.2 Å². The molecular weight excluding hydrogens is 526 g/mol. The first-order valence-electron chi connectivity index (χ1n) is 13.6. The molecule has 0 unspecified atom stereocenters. The van der Waals surface area contributed by atoms with Gasteiger partial charge in [-0.1, -0.05) is 18.2 Å². The molecule has 0 bridgehead atoms. The largest absolute Gasteiger partial charge is 0.497 e. The SMILES string of the molecule is COc1cccc(C2CCN(CCCNC(=O)Nc3cccc(N4C(C(=O)O)=C(C)NC(C)=C4C(=O)O)c3)CC2)c1. The average Bonchev–Trinajstić information content (AvgIpc) is 2.95. The van der Waals surface area contributed by atoms with E-state index in [0.717, 1.165) is 44.6 Å². The van der Waals surface area contributed by atoms with Gasteiger partial charge in [0.1, 0.15) is 5.75 Å². The minimum Gasteiger partial charge on any atom is -0.497 e. The summed E-state index contributed by atoms with van der Waals surface area (Å²) in [6.07, 6.45) is 2.97. The Labute approximate surface area is 239 Å². The summed E-state index contributed by atoms with van der Waals surface area (Å²) in [5.41, 5.74) is 2.22. The molecule has 0 spiro atoms. The molecule has 2 amide bonds. The van der Waals surface area contributed by atoms with Crippen molar-refractivity contribution in [3.63, 3.8) is 0 Å². The Hall–Kier alpha value is -4.51. The maximum Gasteiger partial charge on any atom is 0.354 e. The van der Waals surface area contributed by atoms with Crippen molar-refractivity contribution >= 4 is 29.3 Å². The van der Waals surface area contributed by atoms with Gasteiger partial charge in [-0.3, -0.25) is 4.90 Å². The lowest BCUT2D eigenvalue weighted by Gasteiger charge is -2.33. The molecule has 41 heavy (non-hydrogen) atoms. The number of carboxylic acid groups (broad SMARTS) is 2. The predicted octanol–water partition coefficient (Wildman–Crippen LogP) is 4.13. The Morgan fingerprint density at radius 3 is 2.27 bits per heavy atom. The van der Waals surface area contributed by atoms with Crippen LogP contribution in [-0.2, 0) is 9.59 Å². The van der Waals surface area contributed by atoms with Crippen molar-refractivity contribution in [2.75, 3.05) is 43.5 Å². The van der Waals surface area contributed by atoms with Gasteiger partial charge in [-0.2, -0.15) is 0 Å². The van der Waals surface area contributed by atoms with Gasteiger partial charge in [0.25, 0.3) is 0 Å². The fraction of sp³-hybridized carbons (Fsp3) is 0.367. The highest BCUT2D eigenvalue weighted by Gasteiger charge is 2.34. The van der Waals surface area contributed by atoms with Crippen molar-refractivity contribution < 1.29 is 29.3 Å². The molecule has 2 aromatic carbocycles. The number of aliphatic carboxylic acids is 2. The number of rotatable bonds is 10. The maximum absolute atomic E-state index is 12.6. The van der Waals surface area contributed by atoms with Crippen molar-refractivity contribution in [3.8, 4) is 5.75 Å². The molecule has 11 heteroatoms. The van der Waals surface area contributed by atoms with Gasteiger partial charge in [0, 0.05) is 29.3 Å². The zero-order valence-electron chi connectivity index (χ0n) is 23.6. The monoisotopic (exact) mass is 563 g/mol. The maximum atomic E-state index is 12.6. The molecule has 2 aliphatic rings. The van der Waals surface area contributed by atoms with Crippen LogP contribution in [0, 0.1) is 0 Å². The number of nitrogens with zero attached hydrogens (tertiary/aromatic N) is 2. The molecule has 5 N–H and O–H groups in total. The Morgan fingerprint density at radius 1 is 0.976 bits per heavy atom. The van der Waals surface area contributed by atoms with E-state index in [1.807, 2.05) is 12.1 Å². The summed E-state index contributed by atoms with van der Waals surface area (Å²) in [5.74, 6) is -1.14. The lowest BCUT2D eigenvalue weighted by Crippen LogP contribution is -2.39. The summed E-state index contributed by atoms with van der Waals surface area (Å²) in [6.45, 7) is 6.52. The number of carbonyl (C=O) groups is 3. The minimum atomic E-state index is -1.28. The zero-order chi connectivity index (χ0) is 29.5. The van der Waals surface area contributed by atoms with Gasteiger partial charge in [-0.15, -0.1) is 0 Å². The van der Waals surface area contributed by atoms with Gasteiger partial charge < -0.3 is 35.8 Å².